The summed E-state index contributed by atoms with van der Waals surface area (Å²) in [5, 5.41) is 11.5. The van der Waals surface area contributed by atoms with Gasteiger partial charge in [-0.15, -0.1) is 0 Å². The van der Waals surface area contributed by atoms with Crippen LogP contribution in [0.25, 0.3) is 10.8 Å². The predicted molar refractivity (Wildman–Crippen MR) is 126 cm³/mol. The summed E-state index contributed by atoms with van der Waals surface area (Å²) in [6.07, 6.45) is -2.10. The van der Waals surface area contributed by atoms with Gasteiger partial charge in [-0.2, -0.15) is 18.4 Å². The monoisotopic (exact) mass is 488 g/mol. The zero-order valence-corrected chi connectivity index (χ0v) is 19.9. The SMILES string of the molecule is CCOC(=O)C1CCN(Cc2ccc3c(C#N)c(O[C@H]4CC[C@@H](C(F)(F)F)CC4)ccc3c2)CC1. The van der Waals surface area contributed by atoms with Crippen LogP contribution in [0.5, 0.6) is 5.75 Å². The molecule has 0 aromatic heterocycles. The van der Waals surface area contributed by atoms with Crippen molar-refractivity contribution in [3.8, 4) is 11.8 Å². The molecule has 2 fully saturated rings. The first kappa shape index (κ1) is 25.3. The molecule has 4 rings (SSSR count). The van der Waals surface area contributed by atoms with E-state index in [2.05, 4.69) is 17.0 Å². The Kier molecular flexibility index (Phi) is 7.85. The number of carbonyl (C=O) groups excluding carboxylic acids is 1. The van der Waals surface area contributed by atoms with Crippen molar-refractivity contribution in [2.45, 2.75) is 64.3 Å². The Morgan fingerprint density at radius 2 is 1.80 bits per heavy atom. The Morgan fingerprint density at radius 3 is 2.43 bits per heavy atom. The zero-order chi connectivity index (χ0) is 25.0. The van der Waals surface area contributed by atoms with E-state index < -0.39 is 12.1 Å². The molecule has 0 spiro atoms. The number of rotatable bonds is 6. The summed E-state index contributed by atoms with van der Waals surface area (Å²) in [7, 11) is 0. The molecular weight excluding hydrogens is 457 g/mol. The van der Waals surface area contributed by atoms with Crippen LogP contribution in [-0.4, -0.2) is 42.8 Å². The number of piperidine rings is 1. The standard InChI is InChI=1S/C27H31F3N2O3/c1-2-34-26(33)19-11-13-32(14-12-19)17-18-3-9-23-20(15-18)4-10-25(24(23)16-31)35-22-7-5-21(6-8-22)27(28,29)30/h3-4,9-10,15,19,21-22H,2,5-8,11-14,17H2,1H3/t21-,22+. The smallest absolute Gasteiger partial charge is 0.391 e. The maximum atomic E-state index is 12.9. The highest BCUT2D eigenvalue weighted by molar-refractivity contribution is 5.90. The van der Waals surface area contributed by atoms with Crippen LogP contribution in [0.2, 0.25) is 0 Å². The van der Waals surface area contributed by atoms with Crippen molar-refractivity contribution in [2.24, 2.45) is 11.8 Å². The van der Waals surface area contributed by atoms with Crippen molar-refractivity contribution in [3.05, 3.63) is 41.5 Å². The lowest BCUT2D eigenvalue weighted by atomic mass is 9.87. The van der Waals surface area contributed by atoms with Gasteiger partial charge in [0, 0.05) is 11.9 Å². The van der Waals surface area contributed by atoms with Gasteiger partial charge in [-0.3, -0.25) is 9.69 Å². The number of hydrogen-bond donors (Lipinski definition) is 0. The molecular formula is C27H31F3N2O3. The first-order valence-corrected chi connectivity index (χ1v) is 12.4. The van der Waals surface area contributed by atoms with Gasteiger partial charge in [0.25, 0.3) is 0 Å². The number of halogens is 3. The van der Waals surface area contributed by atoms with Gasteiger partial charge in [0.05, 0.1) is 24.5 Å². The number of hydrogen-bond acceptors (Lipinski definition) is 5. The van der Waals surface area contributed by atoms with Crippen molar-refractivity contribution in [2.75, 3.05) is 19.7 Å². The highest BCUT2D eigenvalue weighted by Crippen LogP contribution is 2.39. The molecule has 188 valence electrons. The fourth-order valence-corrected chi connectivity index (χ4v) is 5.20. The Hall–Kier alpha value is -2.79. The molecule has 1 saturated carbocycles. The second-order valence-corrected chi connectivity index (χ2v) is 9.54. The number of carbonyl (C=O) groups is 1. The van der Waals surface area contributed by atoms with Crippen LogP contribution >= 0.6 is 0 Å². The molecule has 0 radical (unpaired) electrons. The van der Waals surface area contributed by atoms with Gasteiger partial charge in [0.15, 0.2) is 0 Å². The van der Waals surface area contributed by atoms with Gasteiger partial charge in [-0.1, -0.05) is 18.2 Å². The van der Waals surface area contributed by atoms with Gasteiger partial charge in [-0.25, -0.2) is 0 Å². The average Bonchev–Trinajstić information content (AvgIpc) is 2.84. The number of nitrogens with zero attached hydrogens (tertiary/aromatic N) is 2. The highest BCUT2D eigenvalue weighted by Gasteiger charge is 2.41. The van der Waals surface area contributed by atoms with Gasteiger partial charge in [-0.05, 0) is 81.6 Å². The first-order chi connectivity index (χ1) is 16.8. The number of ether oxygens (including phenoxy) is 2. The zero-order valence-electron chi connectivity index (χ0n) is 19.9. The van der Waals surface area contributed by atoms with Crippen molar-refractivity contribution >= 4 is 16.7 Å². The molecule has 2 aliphatic rings. The second-order valence-electron chi connectivity index (χ2n) is 9.54. The first-order valence-electron chi connectivity index (χ1n) is 12.4. The van der Waals surface area contributed by atoms with Crippen LogP contribution < -0.4 is 4.74 Å². The van der Waals surface area contributed by atoms with E-state index in [0.29, 0.717) is 30.8 Å². The minimum Gasteiger partial charge on any atom is -0.489 e. The van der Waals surface area contributed by atoms with Gasteiger partial charge >= 0.3 is 12.1 Å². The van der Waals surface area contributed by atoms with Gasteiger partial charge in [0.1, 0.15) is 17.4 Å². The maximum Gasteiger partial charge on any atom is 0.391 e. The quantitative estimate of drug-likeness (QED) is 0.468. The number of benzene rings is 2. The Labute approximate surface area is 203 Å². The topological polar surface area (TPSA) is 62.6 Å². The molecule has 2 aromatic carbocycles. The minimum absolute atomic E-state index is 0.0251. The molecule has 1 saturated heterocycles. The molecule has 0 amide bonds. The molecule has 8 heteroatoms. The lowest BCUT2D eigenvalue weighted by Crippen LogP contribution is -2.36. The molecule has 1 heterocycles. The van der Waals surface area contributed by atoms with Crippen LogP contribution in [0.1, 0.15) is 56.6 Å². The molecule has 1 aliphatic carbocycles. The lowest BCUT2D eigenvalue weighted by molar-refractivity contribution is -0.185. The molecule has 0 atom stereocenters. The molecule has 0 N–H and O–H groups in total. The molecule has 0 bridgehead atoms. The number of alkyl halides is 3. The number of likely N-dealkylation sites (tertiary alicyclic amines) is 1. The average molecular weight is 489 g/mol. The van der Waals surface area contributed by atoms with Gasteiger partial charge in [0.2, 0.25) is 0 Å². The second kappa shape index (κ2) is 10.9. The third kappa shape index (κ3) is 6.07. The number of esters is 1. The van der Waals surface area contributed by atoms with E-state index in [1.807, 2.05) is 25.1 Å². The molecule has 2 aromatic rings. The van der Waals surface area contributed by atoms with E-state index >= 15 is 0 Å². The van der Waals surface area contributed by atoms with E-state index in [4.69, 9.17) is 9.47 Å². The summed E-state index contributed by atoms with van der Waals surface area (Å²) >= 11 is 0. The van der Waals surface area contributed by atoms with E-state index in [1.165, 1.54) is 0 Å². The molecule has 35 heavy (non-hydrogen) atoms. The predicted octanol–water partition coefficient (Wildman–Crippen LogP) is 5.99. The summed E-state index contributed by atoms with van der Waals surface area (Å²) < 4.78 is 50.0. The lowest BCUT2D eigenvalue weighted by Gasteiger charge is -2.31. The number of nitriles is 1. The maximum absolute atomic E-state index is 12.9. The van der Waals surface area contributed by atoms with Crippen LogP contribution in [0.4, 0.5) is 13.2 Å². The van der Waals surface area contributed by atoms with E-state index in [-0.39, 0.29) is 30.8 Å². The normalized spacial score (nSPS) is 22.0. The Bertz CT molecular complexity index is 1080. The van der Waals surface area contributed by atoms with Crippen molar-refractivity contribution in [1.82, 2.24) is 4.90 Å². The highest BCUT2D eigenvalue weighted by atomic mass is 19.4. The minimum atomic E-state index is -4.15. The van der Waals surface area contributed by atoms with Crippen molar-refractivity contribution in [3.63, 3.8) is 0 Å². The van der Waals surface area contributed by atoms with Crippen LogP contribution in [-0.2, 0) is 16.1 Å². The summed E-state index contributed by atoms with van der Waals surface area (Å²) in [4.78, 5) is 14.3. The molecule has 5 nitrogen and oxygen atoms in total. The third-order valence-corrected chi connectivity index (χ3v) is 7.20. The summed E-state index contributed by atoms with van der Waals surface area (Å²) in [6, 6.07) is 11.9. The van der Waals surface area contributed by atoms with Crippen LogP contribution in [0, 0.1) is 23.2 Å². The fraction of sp³-hybridized carbons (Fsp3) is 0.556. The van der Waals surface area contributed by atoms with Crippen LogP contribution in [0.15, 0.2) is 30.3 Å². The van der Waals surface area contributed by atoms with Crippen molar-refractivity contribution < 1.29 is 27.4 Å². The fourth-order valence-electron chi connectivity index (χ4n) is 5.20. The largest absolute Gasteiger partial charge is 0.489 e. The summed E-state index contributed by atoms with van der Waals surface area (Å²) in [5.41, 5.74) is 1.54. The Morgan fingerprint density at radius 1 is 1.09 bits per heavy atom. The molecule has 0 unspecified atom stereocenters. The third-order valence-electron chi connectivity index (χ3n) is 7.20. The van der Waals surface area contributed by atoms with Crippen LogP contribution in [0.3, 0.4) is 0 Å². The van der Waals surface area contributed by atoms with E-state index in [9.17, 15) is 23.2 Å². The summed E-state index contributed by atoms with van der Waals surface area (Å²) in [6.45, 7) is 4.64. The van der Waals surface area contributed by atoms with Crippen molar-refractivity contribution in [1.29, 1.82) is 5.26 Å². The molecule has 1 aliphatic heterocycles. The number of fused-ring (bicyclic) bond motifs is 1. The van der Waals surface area contributed by atoms with Gasteiger partial charge < -0.3 is 9.47 Å². The summed E-state index contributed by atoms with van der Waals surface area (Å²) in [5.74, 6) is -0.954. The van der Waals surface area contributed by atoms with E-state index in [0.717, 1.165) is 48.8 Å². The van der Waals surface area contributed by atoms with E-state index in [1.54, 1.807) is 6.07 Å². The Balaban J connectivity index is 1.40.